The van der Waals surface area contributed by atoms with Crippen molar-refractivity contribution in [1.29, 1.82) is 0 Å². The van der Waals surface area contributed by atoms with Gasteiger partial charge in [0, 0.05) is 12.1 Å². The average Bonchev–Trinajstić information content (AvgIpc) is 2.74. The Morgan fingerprint density at radius 3 is 2.17 bits per heavy atom. The van der Waals surface area contributed by atoms with Gasteiger partial charge in [-0.15, -0.1) is 0 Å². The fourth-order valence-corrected chi connectivity index (χ4v) is 2.41. The van der Waals surface area contributed by atoms with Crippen molar-refractivity contribution in [3.8, 4) is 11.5 Å². The Kier molecular flexibility index (Phi) is 7.96. The Morgan fingerprint density at radius 2 is 1.59 bits per heavy atom. The minimum Gasteiger partial charge on any atom is -0.484 e. The number of para-hydroxylation sites is 1. The quantitative estimate of drug-likeness (QED) is 0.492. The molecule has 2 N–H and O–H groups in total. The Balaban J connectivity index is 1.73. The predicted octanol–water partition coefficient (Wildman–Crippen LogP) is 2.71. The molecule has 0 aliphatic rings. The number of rotatable bonds is 9. The van der Waals surface area contributed by atoms with E-state index in [1.165, 1.54) is 24.3 Å². The summed E-state index contributed by atoms with van der Waals surface area (Å²) in [5.74, 6) is 0.113. The lowest BCUT2D eigenvalue weighted by Gasteiger charge is -2.15. The second-order valence-corrected chi connectivity index (χ2v) is 6.27. The van der Waals surface area contributed by atoms with Crippen LogP contribution in [0.2, 0.25) is 0 Å². The average molecular weight is 401 g/mol. The fourth-order valence-electron chi connectivity index (χ4n) is 2.41. The number of nitrogens with zero attached hydrogens (tertiary/aromatic N) is 1. The van der Waals surface area contributed by atoms with Gasteiger partial charge < -0.3 is 9.47 Å². The molecule has 0 aromatic heterocycles. The highest BCUT2D eigenvalue weighted by Crippen LogP contribution is 2.28. The third-order valence-corrected chi connectivity index (χ3v) is 4.18. The minimum absolute atomic E-state index is 0.0797. The molecule has 0 aliphatic carbocycles. The molecule has 0 spiro atoms. The molecule has 0 heterocycles. The highest BCUT2D eigenvalue weighted by molar-refractivity contribution is 5.83. The van der Waals surface area contributed by atoms with Gasteiger partial charge in [0.1, 0.15) is 11.5 Å². The molecule has 1 unspecified atom stereocenters. The topological polar surface area (TPSA) is 120 Å². The zero-order valence-electron chi connectivity index (χ0n) is 16.2. The van der Waals surface area contributed by atoms with Crippen molar-refractivity contribution in [2.75, 3.05) is 13.2 Å². The van der Waals surface area contributed by atoms with Crippen LogP contribution in [0.15, 0.2) is 48.5 Å². The van der Waals surface area contributed by atoms with E-state index in [0.29, 0.717) is 17.4 Å². The van der Waals surface area contributed by atoms with E-state index in [0.717, 1.165) is 12.0 Å². The number of nitro benzene ring substituents is 1. The lowest BCUT2D eigenvalue weighted by molar-refractivity contribution is -0.384. The molecule has 2 rings (SSSR count). The number of non-ortho nitro benzene ring substituents is 1. The van der Waals surface area contributed by atoms with Gasteiger partial charge in [-0.3, -0.25) is 30.6 Å². The van der Waals surface area contributed by atoms with Crippen LogP contribution in [0.5, 0.6) is 11.5 Å². The Morgan fingerprint density at radius 1 is 1.00 bits per heavy atom. The van der Waals surface area contributed by atoms with Gasteiger partial charge in [-0.2, -0.15) is 0 Å². The van der Waals surface area contributed by atoms with E-state index in [1.807, 2.05) is 18.2 Å². The summed E-state index contributed by atoms with van der Waals surface area (Å²) in [4.78, 5) is 33.7. The molecule has 0 fully saturated rings. The number of carbonyl (C=O) groups is 2. The van der Waals surface area contributed by atoms with Crippen LogP contribution in [0.25, 0.3) is 0 Å². The van der Waals surface area contributed by atoms with E-state index < -0.39 is 16.7 Å². The second-order valence-electron chi connectivity index (χ2n) is 6.27. The second kappa shape index (κ2) is 10.6. The summed E-state index contributed by atoms with van der Waals surface area (Å²) < 4.78 is 10.8. The van der Waals surface area contributed by atoms with E-state index in [-0.39, 0.29) is 18.9 Å². The third kappa shape index (κ3) is 6.80. The number of nitrogens with one attached hydrogen (secondary N) is 2. The fraction of sp³-hybridized carbons (Fsp3) is 0.300. The van der Waals surface area contributed by atoms with Crippen LogP contribution in [0.1, 0.15) is 31.7 Å². The normalized spacial score (nSPS) is 11.2. The molecule has 154 valence electrons. The molecule has 0 saturated carbocycles. The summed E-state index contributed by atoms with van der Waals surface area (Å²) in [5.41, 5.74) is 5.40. The van der Waals surface area contributed by atoms with Crippen LogP contribution in [0.4, 0.5) is 5.69 Å². The largest absolute Gasteiger partial charge is 0.484 e. The van der Waals surface area contributed by atoms with Crippen LogP contribution in [0.3, 0.4) is 0 Å². The molecular formula is C20H23N3O6. The molecule has 2 aromatic rings. The van der Waals surface area contributed by atoms with Crippen molar-refractivity contribution in [3.63, 3.8) is 0 Å². The minimum atomic E-state index is -0.586. The van der Waals surface area contributed by atoms with Crippen molar-refractivity contribution in [2.45, 2.75) is 26.2 Å². The molecule has 9 heteroatoms. The van der Waals surface area contributed by atoms with Gasteiger partial charge in [-0.25, -0.2) is 0 Å². The van der Waals surface area contributed by atoms with Gasteiger partial charge in [0.05, 0.1) is 4.92 Å². The number of benzene rings is 2. The van der Waals surface area contributed by atoms with Crippen LogP contribution < -0.4 is 20.3 Å². The van der Waals surface area contributed by atoms with Gasteiger partial charge >= 0.3 is 0 Å². The first-order chi connectivity index (χ1) is 13.9. The van der Waals surface area contributed by atoms with Crippen LogP contribution in [-0.2, 0) is 9.59 Å². The van der Waals surface area contributed by atoms with E-state index in [1.54, 1.807) is 6.07 Å². The zero-order valence-corrected chi connectivity index (χ0v) is 16.2. The number of amides is 2. The van der Waals surface area contributed by atoms with Crippen molar-refractivity contribution < 1.29 is 24.0 Å². The summed E-state index contributed by atoms with van der Waals surface area (Å²) >= 11 is 0. The maximum absolute atomic E-state index is 11.9. The van der Waals surface area contributed by atoms with Crippen molar-refractivity contribution >= 4 is 17.5 Å². The first-order valence-electron chi connectivity index (χ1n) is 9.07. The molecule has 9 nitrogen and oxygen atoms in total. The van der Waals surface area contributed by atoms with Gasteiger partial charge in [-0.05, 0) is 36.1 Å². The molecule has 0 saturated heterocycles. The van der Waals surface area contributed by atoms with E-state index in [9.17, 15) is 19.7 Å². The van der Waals surface area contributed by atoms with Crippen molar-refractivity contribution in [3.05, 3.63) is 64.2 Å². The summed E-state index contributed by atoms with van der Waals surface area (Å²) in [7, 11) is 0. The Bertz CT molecular complexity index is 854. The standard InChI is InChI=1S/C20H23N3O6/c1-3-14(2)17-6-4-5-7-18(17)29-13-20(25)22-21-19(24)12-28-16-10-8-15(9-11-16)23(26)27/h4-11,14H,3,12-13H2,1-2H3,(H,21,24)(H,22,25). The lowest BCUT2D eigenvalue weighted by atomic mass is 9.98. The number of hydrogen-bond acceptors (Lipinski definition) is 6. The van der Waals surface area contributed by atoms with Crippen molar-refractivity contribution in [1.82, 2.24) is 10.9 Å². The number of carbonyl (C=O) groups excluding carboxylic acids is 2. The van der Waals surface area contributed by atoms with E-state index in [4.69, 9.17) is 9.47 Å². The number of nitro groups is 1. The van der Waals surface area contributed by atoms with Crippen LogP contribution in [-0.4, -0.2) is 30.0 Å². The molecular weight excluding hydrogens is 378 g/mol. The SMILES string of the molecule is CCC(C)c1ccccc1OCC(=O)NNC(=O)COc1ccc([N+](=O)[O-])cc1. The molecule has 1 atom stereocenters. The maximum Gasteiger partial charge on any atom is 0.276 e. The number of ether oxygens (including phenoxy) is 2. The number of hydrogen-bond donors (Lipinski definition) is 2. The van der Waals surface area contributed by atoms with Crippen molar-refractivity contribution in [2.24, 2.45) is 0 Å². The van der Waals surface area contributed by atoms with Gasteiger partial charge in [0.2, 0.25) is 0 Å². The van der Waals surface area contributed by atoms with E-state index >= 15 is 0 Å². The van der Waals surface area contributed by atoms with E-state index in [2.05, 4.69) is 24.7 Å². The third-order valence-electron chi connectivity index (χ3n) is 4.18. The monoisotopic (exact) mass is 401 g/mol. The Hall–Kier alpha value is -3.62. The summed E-state index contributed by atoms with van der Waals surface area (Å²) in [6.07, 6.45) is 0.942. The molecule has 2 aromatic carbocycles. The van der Waals surface area contributed by atoms with Crippen LogP contribution in [0, 0.1) is 10.1 Å². The first-order valence-corrected chi connectivity index (χ1v) is 9.07. The number of hydrazine groups is 1. The summed E-state index contributed by atoms with van der Waals surface area (Å²) in [6.45, 7) is 3.53. The zero-order chi connectivity index (χ0) is 21.2. The van der Waals surface area contributed by atoms with Gasteiger partial charge in [0.25, 0.3) is 17.5 Å². The highest BCUT2D eigenvalue weighted by atomic mass is 16.6. The molecule has 2 amide bonds. The first kappa shape index (κ1) is 21.7. The molecule has 29 heavy (non-hydrogen) atoms. The summed E-state index contributed by atoms with van der Waals surface area (Å²) in [5, 5.41) is 10.6. The van der Waals surface area contributed by atoms with Gasteiger partial charge in [-0.1, -0.05) is 32.0 Å². The Labute approximate surface area is 168 Å². The smallest absolute Gasteiger partial charge is 0.276 e. The maximum atomic E-state index is 11.9. The lowest BCUT2D eigenvalue weighted by Crippen LogP contribution is -2.45. The van der Waals surface area contributed by atoms with Gasteiger partial charge in [0.15, 0.2) is 13.2 Å². The molecule has 0 bridgehead atoms. The van der Waals surface area contributed by atoms with Crippen LogP contribution >= 0.6 is 0 Å². The molecule has 0 radical (unpaired) electrons. The summed E-state index contributed by atoms with van der Waals surface area (Å²) in [6, 6.07) is 12.8. The molecule has 0 aliphatic heterocycles. The predicted molar refractivity (Wildman–Crippen MR) is 106 cm³/mol. The highest BCUT2D eigenvalue weighted by Gasteiger charge is 2.12.